The van der Waals surface area contributed by atoms with Crippen molar-refractivity contribution in [3.05, 3.63) is 17.3 Å². The highest BCUT2D eigenvalue weighted by Crippen LogP contribution is 2.26. The third-order valence-corrected chi connectivity index (χ3v) is 4.98. The van der Waals surface area contributed by atoms with Crippen molar-refractivity contribution < 1.29 is 5.11 Å². The SMILES string of the molecule is CN1CCC(CN(C)c2nc3sccn3c2CO)CC1. The van der Waals surface area contributed by atoms with E-state index < -0.39 is 0 Å². The predicted molar refractivity (Wildman–Crippen MR) is 82.5 cm³/mol. The molecule has 0 aromatic carbocycles. The van der Waals surface area contributed by atoms with Gasteiger partial charge in [-0.05, 0) is 38.9 Å². The number of hydrogen-bond donors (Lipinski definition) is 1. The smallest absolute Gasteiger partial charge is 0.195 e. The molecule has 1 aliphatic rings. The Morgan fingerprint density at radius 3 is 2.90 bits per heavy atom. The van der Waals surface area contributed by atoms with Crippen LogP contribution in [-0.4, -0.2) is 53.1 Å². The lowest BCUT2D eigenvalue weighted by Crippen LogP contribution is -2.36. The number of nitrogens with zero attached hydrogens (tertiary/aromatic N) is 4. The van der Waals surface area contributed by atoms with Gasteiger partial charge in [-0.25, -0.2) is 4.98 Å². The van der Waals surface area contributed by atoms with Crippen molar-refractivity contribution in [3.8, 4) is 0 Å². The molecular weight excluding hydrogens is 272 g/mol. The van der Waals surface area contributed by atoms with E-state index in [4.69, 9.17) is 0 Å². The Balaban J connectivity index is 1.74. The highest BCUT2D eigenvalue weighted by molar-refractivity contribution is 7.15. The van der Waals surface area contributed by atoms with E-state index in [1.807, 2.05) is 16.0 Å². The largest absolute Gasteiger partial charge is 0.390 e. The lowest BCUT2D eigenvalue weighted by molar-refractivity contribution is 0.222. The van der Waals surface area contributed by atoms with Crippen LogP contribution in [0.25, 0.3) is 4.96 Å². The van der Waals surface area contributed by atoms with Crippen LogP contribution in [0, 0.1) is 5.92 Å². The van der Waals surface area contributed by atoms with Crippen LogP contribution in [0.1, 0.15) is 18.5 Å². The zero-order valence-corrected chi connectivity index (χ0v) is 12.9. The van der Waals surface area contributed by atoms with Crippen LogP contribution in [0.2, 0.25) is 0 Å². The van der Waals surface area contributed by atoms with Gasteiger partial charge < -0.3 is 14.9 Å². The Morgan fingerprint density at radius 2 is 2.20 bits per heavy atom. The van der Waals surface area contributed by atoms with Gasteiger partial charge in [-0.1, -0.05) is 0 Å². The molecule has 2 aromatic heterocycles. The molecule has 5 nitrogen and oxygen atoms in total. The fraction of sp³-hybridized carbons (Fsp3) is 0.643. The molecule has 3 rings (SSSR count). The van der Waals surface area contributed by atoms with Gasteiger partial charge in [0, 0.05) is 25.2 Å². The number of aliphatic hydroxyl groups excluding tert-OH is 1. The second kappa shape index (κ2) is 5.71. The van der Waals surface area contributed by atoms with Crippen molar-refractivity contribution in [2.75, 3.05) is 38.6 Å². The summed E-state index contributed by atoms with van der Waals surface area (Å²) in [6.45, 7) is 3.42. The molecule has 0 aliphatic carbocycles. The standard InChI is InChI=1S/C14H22N4OS/c1-16-5-3-11(4-6-16)9-17(2)13-12(10-19)18-7-8-20-14(18)15-13/h7-8,11,19H,3-6,9-10H2,1-2H3. The molecule has 0 spiro atoms. The van der Waals surface area contributed by atoms with Crippen LogP contribution in [0.4, 0.5) is 5.82 Å². The number of fused-ring (bicyclic) bond motifs is 1. The van der Waals surface area contributed by atoms with Crippen molar-refractivity contribution in [2.24, 2.45) is 5.92 Å². The quantitative estimate of drug-likeness (QED) is 0.931. The summed E-state index contributed by atoms with van der Waals surface area (Å²) in [7, 11) is 4.28. The van der Waals surface area contributed by atoms with Gasteiger partial charge >= 0.3 is 0 Å². The van der Waals surface area contributed by atoms with Gasteiger partial charge in [0.05, 0.1) is 12.3 Å². The first-order chi connectivity index (χ1) is 9.69. The number of thiazole rings is 1. The molecule has 1 saturated heterocycles. The molecule has 1 N–H and O–H groups in total. The molecule has 0 amide bonds. The summed E-state index contributed by atoms with van der Waals surface area (Å²) in [4.78, 5) is 10.2. The van der Waals surface area contributed by atoms with E-state index in [1.165, 1.54) is 25.9 Å². The molecule has 20 heavy (non-hydrogen) atoms. The lowest BCUT2D eigenvalue weighted by atomic mass is 9.97. The molecule has 0 bridgehead atoms. The van der Waals surface area contributed by atoms with Crippen molar-refractivity contribution in [3.63, 3.8) is 0 Å². The maximum absolute atomic E-state index is 9.62. The van der Waals surface area contributed by atoms with Crippen molar-refractivity contribution in [2.45, 2.75) is 19.4 Å². The molecule has 1 aliphatic heterocycles. The molecule has 1 fully saturated rings. The van der Waals surface area contributed by atoms with E-state index in [2.05, 4.69) is 28.9 Å². The van der Waals surface area contributed by atoms with E-state index in [9.17, 15) is 5.11 Å². The van der Waals surface area contributed by atoms with Crippen molar-refractivity contribution in [1.82, 2.24) is 14.3 Å². The molecule has 0 saturated carbocycles. The number of aliphatic hydroxyl groups is 1. The number of piperidine rings is 1. The minimum absolute atomic E-state index is 0.0327. The minimum atomic E-state index is 0.0327. The molecule has 2 aromatic rings. The van der Waals surface area contributed by atoms with E-state index in [0.717, 1.165) is 28.9 Å². The number of aromatic nitrogens is 2. The van der Waals surface area contributed by atoms with Crippen LogP contribution in [-0.2, 0) is 6.61 Å². The van der Waals surface area contributed by atoms with Crippen molar-refractivity contribution >= 4 is 22.1 Å². The second-order valence-corrected chi connectivity index (χ2v) is 6.60. The average Bonchev–Trinajstić information content (AvgIpc) is 3.01. The molecule has 6 heteroatoms. The van der Waals surface area contributed by atoms with E-state index >= 15 is 0 Å². The molecule has 0 atom stereocenters. The zero-order chi connectivity index (χ0) is 14.1. The summed E-state index contributed by atoms with van der Waals surface area (Å²) in [6.07, 6.45) is 4.47. The number of imidazole rings is 1. The number of likely N-dealkylation sites (tertiary alicyclic amines) is 1. The Bertz CT molecular complexity index is 571. The van der Waals surface area contributed by atoms with Crippen LogP contribution >= 0.6 is 11.3 Å². The topological polar surface area (TPSA) is 44.0 Å². The third kappa shape index (κ3) is 2.55. The van der Waals surface area contributed by atoms with Crippen LogP contribution in [0.5, 0.6) is 0 Å². The van der Waals surface area contributed by atoms with Crippen LogP contribution < -0.4 is 4.90 Å². The fourth-order valence-corrected chi connectivity index (χ4v) is 3.72. The predicted octanol–water partition coefficient (Wildman–Crippen LogP) is 1.67. The van der Waals surface area contributed by atoms with E-state index in [0.29, 0.717) is 0 Å². The monoisotopic (exact) mass is 294 g/mol. The first-order valence-electron chi connectivity index (χ1n) is 7.14. The summed E-state index contributed by atoms with van der Waals surface area (Å²) < 4.78 is 1.99. The van der Waals surface area contributed by atoms with Gasteiger partial charge in [0.2, 0.25) is 0 Å². The van der Waals surface area contributed by atoms with Gasteiger partial charge in [-0.3, -0.25) is 4.40 Å². The Hall–Kier alpha value is -1.11. The van der Waals surface area contributed by atoms with Crippen LogP contribution in [0.15, 0.2) is 11.6 Å². The number of hydrogen-bond acceptors (Lipinski definition) is 5. The third-order valence-electron chi connectivity index (χ3n) is 4.22. The van der Waals surface area contributed by atoms with Gasteiger partial charge in [0.25, 0.3) is 0 Å². The highest BCUT2D eigenvalue weighted by atomic mass is 32.1. The molecule has 0 unspecified atom stereocenters. The minimum Gasteiger partial charge on any atom is -0.390 e. The zero-order valence-electron chi connectivity index (χ0n) is 12.1. The fourth-order valence-electron chi connectivity index (χ4n) is 2.99. The van der Waals surface area contributed by atoms with Crippen LogP contribution in [0.3, 0.4) is 0 Å². The van der Waals surface area contributed by atoms with Gasteiger partial charge in [0.1, 0.15) is 0 Å². The summed E-state index contributed by atoms with van der Waals surface area (Å²) in [5, 5.41) is 11.6. The van der Waals surface area contributed by atoms with E-state index in [-0.39, 0.29) is 6.61 Å². The normalized spacial score (nSPS) is 17.9. The van der Waals surface area contributed by atoms with Gasteiger partial charge in [0.15, 0.2) is 10.8 Å². The number of rotatable bonds is 4. The maximum Gasteiger partial charge on any atom is 0.195 e. The second-order valence-electron chi connectivity index (χ2n) is 5.72. The number of anilines is 1. The van der Waals surface area contributed by atoms with Gasteiger partial charge in [-0.15, -0.1) is 11.3 Å². The summed E-state index contributed by atoms with van der Waals surface area (Å²) in [6, 6.07) is 0. The first kappa shape index (κ1) is 13.9. The highest BCUT2D eigenvalue weighted by Gasteiger charge is 2.21. The molecular formula is C14H22N4OS. The Kier molecular flexibility index (Phi) is 3.96. The molecule has 0 radical (unpaired) electrons. The van der Waals surface area contributed by atoms with Gasteiger partial charge in [-0.2, -0.15) is 0 Å². The summed E-state index contributed by atoms with van der Waals surface area (Å²) in [5.74, 6) is 1.65. The molecule has 110 valence electrons. The first-order valence-corrected chi connectivity index (χ1v) is 8.02. The summed E-state index contributed by atoms with van der Waals surface area (Å²) >= 11 is 1.61. The Morgan fingerprint density at radius 1 is 1.45 bits per heavy atom. The van der Waals surface area contributed by atoms with E-state index in [1.54, 1.807) is 11.3 Å². The van der Waals surface area contributed by atoms with Crippen molar-refractivity contribution in [1.29, 1.82) is 0 Å². The maximum atomic E-state index is 9.62. The Labute approximate surface area is 123 Å². The lowest BCUT2D eigenvalue weighted by Gasteiger charge is -2.32. The summed E-state index contributed by atoms with van der Waals surface area (Å²) in [5.41, 5.74) is 0.900. The average molecular weight is 294 g/mol. The molecule has 3 heterocycles.